The van der Waals surface area contributed by atoms with Crippen LogP contribution in [0.2, 0.25) is 0 Å². The number of carbonyl (C=O) groups is 1. The first-order chi connectivity index (χ1) is 13.4. The molecule has 1 aromatic heterocycles. The maximum Gasteiger partial charge on any atom is 0.410 e. The molecule has 1 aliphatic rings. The van der Waals surface area contributed by atoms with Gasteiger partial charge in [0, 0.05) is 22.7 Å². The summed E-state index contributed by atoms with van der Waals surface area (Å²) in [5.41, 5.74) is 3.50. The van der Waals surface area contributed by atoms with Gasteiger partial charge in [0.2, 0.25) is 0 Å². The Morgan fingerprint density at radius 1 is 1.11 bits per heavy atom. The molecule has 0 aliphatic carbocycles. The zero-order valence-corrected chi connectivity index (χ0v) is 16.4. The number of para-hydroxylation sites is 1. The van der Waals surface area contributed by atoms with Crippen molar-refractivity contribution < 1.29 is 14.3 Å². The van der Waals surface area contributed by atoms with Crippen LogP contribution in [-0.4, -0.2) is 34.7 Å². The maximum absolute atomic E-state index is 12.5. The Hall–Kier alpha value is -3.08. The van der Waals surface area contributed by atoms with Gasteiger partial charge in [-0.05, 0) is 50.6 Å². The molecule has 2 aromatic carbocycles. The summed E-state index contributed by atoms with van der Waals surface area (Å²) < 4.78 is 11.4. The molecule has 1 aliphatic heterocycles. The summed E-state index contributed by atoms with van der Waals surface area (Å²) in [6.07, 6.45) is 1.56. The number of benzene rings is 2. The molecular formula is C23H24N2O3. The topological polar surface area (TPSA) is 51.7 Å². The number of nitrogens with zero attached hydrogens (tertiary/aromatic N) is 2. The molecule has 0 bridgehead atoms. The van der Waals surface area contributed by atoms with E-state index in [0.29, 0.717) is 19.7 Å². The molecule has 0 spiro atoms. The van der Waals surface area contributed by atoms with E-state index in [1.54, 1.807) is 4.90 Å². The van der Waals surface area contributed by atoms with E-state index in [2.05, 4.69) is 23.2 Å². The average Bonchev–Trinajstić information content (AvgIpc) is 2.88. The predicted molar refractivity (Wildman–Crippen MR) is 109 cm³/mol. The molecule has 0 atom stereocenters. The largest absolute Gasteiger partial charge is 0.491 e. The summed E-state index contributed by atoms with van der Waals surface area (Å²) in [7, 11) is 0. The van der Waals surface area contributed by atoms with Crippen molar-refractivity contribution in [3.63, 3.8) is 0 Å². The third-order valence-electron chi connectivity index (χ3n) is 4.62. The highest BCUT2D eigenvalue weighted by atomic mass is 16.6. The van der Waals surface area contributed by atoms with Crippen LogP contribution in [0, 0.1) is 0 Å². The molecule has 0 saturated carbocycles. The smallest absolute Gasteiger partial charge is 0.410 e. The fourth-order valence-electron chi connectivity index (χ4n) is 3.29. The van der Waals surface area contributed by atoms with Crippen LogP contribution in [0.15, 0.2) is 54.7 Å². The maximum atomic E-state index is 12.5. The average molecular weight is 376 g/mol. The Bertz CT molecular complexity index is 1020. The fourth-order valence-corrected chi connectivity index (χ4v) is 3.29. The molecule has 0 radical (unpaired) electrons. The molecule has 0 saturated heterocycles. The summed E-state index contributed by atoms with van der Waals surface area (Å²) in [6.45, 7) is 7.02. The quantitative estimate of drug-likeness (QED) is 0.598. The first kappa shape index (κ1) is 18.3. The highest BCUT2D eigenvalue weighted by Gasteiger charge is 2.25. The minimum atomic E-state index is -0.522. The van der Waals surface area contributed by atoms with Gasteiger partial charge in [0.15, 0.2) is 0 Å². The van der Waals surface area contributed by atoms with E-state index < -0.39 is 5.60 Å². The lowest BCUT2D eigenvalue weighted by molar-refractivity contribution is 0.0225. The number of pyridine rings is 1. The number of ether oxygens (including phenoxy) is 2. The lowest BCUT2D eigenvalue weighted by Crippen LogP contribution is -2.37. The normalized spacial score (nSPS) is 14.2. The number of fused-ring (bicyclic) bond motifs is 2. The predicted octanol–water partition coefficient (Wildman–Crippen LogP) is 5.03. The van der Waals surface area contributed by atoms with Crippen LogP contribution >= 0.6 is 0 Å². The lowest BCUT2D eigenvalue weighted by Gasteiger charge is -2.26. The molecule has 0 N–H and O–H groups in total. The van der Waals surface area contributed by atoms with Gasteiger partial charge in [-0.25, -0.2) is 4.79 Å². The third kappa shape index (κ3) is 3.93. The Labute approximate surface area is 164 Å². The number of carbonyl (C=O) groups excluding carboxylic acids is 1. The summed E-state index contributed by atoms with van der Waals surface area (Å²) in [5.74, 6) is 0.809. The molecule has 144 valence electrons. The molecule has 0 fully saturated rings. The minimum absolute atomic E-state index is 0.318. The third-order valence-corrected chi connectivity index (χ3v) is 4.62. The highest BCUT2D eigenvalue weighted by Crippen LogP contribution is 2.30. The zero-order valence-electron chi connectivity index (χ0n) is 16.4. The molecular weight excluding hydrogens is 352 g/mol. The van der Waals surface area contributed by atoms with E-state index in [-0.39, 0.29) is 6.09 Å². The van der Waals surface area contributed by atoms with E-state index in [0.717, 1.165) is 33.3 Å². The Balaban J connectivity index is 1.64. The standard InChI is InChI=1S/C23H24N2O3/c1-23(2,3)28-22(26)25-10-11-27-21-9-8-16(12-19(21)15-25)18-13-17-6-4-5-7-20(17)24-14-18/h4-9,12-14H,10-11,15H2,1-3H3. The van der Waals surface area contributed by atoms with Crippen LogP contribution in [-0.2, 0) is 11.3 Å². The highest BCUT2D eigenvalue weighted by molar-refractivity contribution is 5.83. The molecule has 1 amide bonds. The van der Waals surface area contributed by atoms with E-state index in [4.69, 9.17) is 9.47 Å². The van der Waals surface area contributed by atoms with Gasteiger partial charge < -0.3 is 14.4 Å². The molecule has 2 heterocycles. The van der Waals surface area contributed by atoms with Crippen LogP contribution in [0.4, 0.5) is 4.79 Å². The summed E-state index contributed by atoms with van der Waals surface area (Å²) in [5, 5.41) is 1.10. The van der Waals surface area contributed by atoms with Crippen molar-refractivity contribution in [3.05, 3.63) is 60.3 Å². The van der Waals surface area contributed by atoms with Gasteiger partial charge in [0.25, 0.3) is 0 Å². The van der Waals surface area contributed by atoms with Gasteiger partial charge >= 0.3 is 6.09 Å². The second kappa shape index (κ2) is 7.15. The number of amides is 1. The first-order valence-electron chi connectivity index (χ1n) is 9.48. The Morgan fingerprint density at radius 2 is 1.93 bits per heavy atom. The second-order valence-electron chi connectivity index (χ2n) is 7.99. The summed E-state index contributed by atoms with van der Waals surface area (Å²) in [6, 6.07) is 16.3. The number of hydrogen-bond acceptors (Lipinski definition) is 4. The van der Waals surface area contributed by atoms with E-state index in [9.17, 15) is 4.79 Å². The van der Waals surface area contributed by atoms with Gasteiger partial charge in [-0.15, -0.1) is 0 Å². The number of hydrogen-bond donors (Lipinski definition) is 0. The molecule has 3 aromatic rings. The summed E-state index contributed by atoms with van der Waals surface area (Å²) in [4.78, 5) is 18.8. The fraction of sp³-hybridized carbons (Fsp3) is 0.304. The van der Waals surface area contributed by atoms with Crippen LogP contribution in [0.3, 0.4) is 0 Å². The van der Waals surface area contributed by atoms with E-state index in [1.165, 1.54) is 0 Å². The first-order valence-corrected chi connectivity index (χ1v) is 9.48. The van der Waals surface area contributed by atoms with Crippen molar-refractivity contribution in [2.75, 3.05) is 13.2 Å². The lowest BCUT2D eigenvalue weighted by atomic mass is 10.0. The van der Waals surface area contributed by atoms with Crippen molar-refractivity contribution in [2.45, 2.75) is 32.9 Å². The van der Waals surface area contributed by atoms with Crippen molar-refractivity contribution in [1.29, 1.82) is 0 Å². The van der Waals surface area contributed by atoms with Crippen molar-refractivity contribution in [2.24, 2.45) is 0 Å². The Kier molecular flexibility index (Phi) is 4.67. The van der Waals surface area contributed by atoms with Crippen LogP contribution < -0.4 is 4.74 Å². The molecule has 4 rings (SSSR count). The molecule has 0 unspecified atom stereocenters. The number of rotatable bonds is 1. The molecule has 28 heavy (non-hydrogen) atoms. The van der Waals surface area contributed by atoms with Crippen molar-refractivity contribution in [1.82, 2.24) is 9.88 Å². The van der Waals surface area contributed by atoms with Crippen molar-refractivity contribution >= 4 is 17.0 Å². The SMILES string of the molecule is CC(C)(C)OC(=O)N1CCOc2ccc(-c3cnc4ccccc4c3)cc2C1. The van der Waals surface area contributed by atoms with Gasteiger partial charge in [-0.1, -0.05) is 24.3 Å². The van der Waals surface area contributed by atoms with Gasteiger partial charge in [-0.3, -0.25) is 4.98 Å². The van der Waals surface area contributed by atoms with E-state index >= 15 is 0 Å². The monoisotopic (exact) mass is 376 g/mol. The van der Waals surface area contributed by atoms with Crippen LogP contribution in [0.25, 0.3) is 22.0 Å². The van der Waals surface area contributed by atoms with E-state index in [1.807, 2.05) is 57.3 Å². The second-order valence-corrected chi connectivity index (χ2v) is 7.99. The van der Waals surface area contributed by atoms with Crippen LogP contribution in [0.1, 0.15) is 26.3 Å². The van der Waals surface area contributed by atoms with Crippen LogP contribution in [0.5, 0.6) is 5.75 Å². The molecule has 5 heteroatoms. The zero-order chi connectivity index (χ0) is 19.7. The van der Waals surface area contributed by atoms with Gasteiger partial charge in [-0.2, -0.15) is 0 Å². The summed E-state index contributed by atoms with van der Waals surface area (Å²) >= 11 is 0. The van der Waals surface area contributed by atoms with Gasteiger partial charge in [0.05, 0.1) is 18.6 Å². The molecule has 5 nitrogen and oxygen atoms in total. The number of aromatic nitrogens is 1. The minimum Gasteiger partial charge on any atom is -0.491 e. The Morgan fingerprint density at radius 3 is 2.75 bits per heavy atom. The van der Waals surface area contributed by atoms with Gasteiger partial charge in [0.1, 0.15) is 18.0 Å². The van der Waals surface area contributed by atoms with Crippen molar-refractivity contribution in [3.8, 4) is 16.9 Å².